The predicted molar refractivity (Wildman–Crippen MR) is 147 cm³/mol. The second-order valence-electron chi connectivity index (χ2n) is 9.36. The first kappa shape index (κ1) is 25.7. The van der Waals surface area contributed by atoms with Gasteiger partial charge in [-0.25, -0.2) is 0 Å². The molecule has 1 aliphatic heterocycles. The van der Waals surface area contributed by atoms with Crippen molar-refractivity contribution >= 4 is 17.4 Å². The molecule has 2 heterocycles. The first-order valence-electron chi connectivity index (χ1n) is 12.5. The number of pyridine rings is 1. The van der Waals surface area contributed by atoms with Crippen LogP contribution in [0.2, 0.25) is 0 Å². The Morgan fingerprint density at radius 3 is 2.36 bits per heavy atom. The Morgan fingerprint density at radius 2 is 1.64 bits per heavy atom. The van der Waals surface area contributed by atoms with Gasteiger partial charge in [0.15, 0.2) is 0 Å². The number of hydrogen-bond acceptors (Lipinski definition) is 6. The van der Waals surface area contributed by atoms with Crippen LogP contribution in [0.3, 0.4) is 0 Å². The molecule has 1 amide bonds. The summed E-state index contributed by atoms with van der Waals surface area (Å²) in [7, 11) is 1.55. The van der Waals surface area contributed by atoms with Gasteiger partial charge in [0.1, 0.15) is 23.9 Å². The SMILES string of the molecule is COc1cccc(C2/C(=C(\O)c3ccc(OCc4cccc(C)c4)cc3)C(=O)C(=O)N2Cc2ccncc2)c1. The first-order chi connectivity index (χ1) is 18.9. The van der Waals surface area contributed by atoms with Crippen molar-refractivity contribution in [2.24, 2.45) is 0 Å². The summed E-state index contributed by atoms with van der Waals surface area (Å²) in [5.74, 6) is -0.468. The van der Waals surface area contributed by atoms with Gasteiger partial charge >= 0.3 is 0 Å². The van der Waals surface area contributed by atoms with Crippen molar-refractivity contribution < 1.29 is 24.2 Å². The highest BCUT2D eigenvalue weighted by Crippen LogP contribution is 2.41. The summed E-state index contributed by atoms with van der Waals surface area (Å²) in [6.45, 7) is 2.61. The number of aryl methyl sites for hydroxylation is 1. The smallest absolute Gasteiger partial charge is 0.295 e. The van der Waals surface area contributed by atoms with Crippen molar-refractivity contribution in [3.63, 3.8) is 0 Å². The summed E-state index contributed by atoms with van der Waals surface area (Å²) >= 11 is 0. The van der Waals surface area contributed by atoms with Gasteiger partial charge in [-0.1, -0.05) is 42.0 Å². The Balaban J connectivity index is 1.48. The first-order valence-corrected chi connectivity index (χ1v) is 12.5. The summed E-state index contributed by atoms with van der Waals surface area (Å²) in [6.07, 6.45) is 3.27. The van der Waals surface area contributed by atoms with Crippen LogP contribution in [0.5, 0.6) is 11.5 Å². The maximum absolute atomic E-state index is 13.3. The normalized spacial score (nSPS) is 16.4. The van der Waals surface area contributed by atoms with Gasteiger partial charge in [0.05, 0.1) is 18.7 Å². The average Bonchev–Trinajstić information content (AvgIpc) is 3.21. The molecule has 0 radical (unpaired) electrons. The molecule has 0 saturated carbocycles. The lowest BCUT2D eigenvalue weighted by Crippen LogP contribution is -2.29. The van der Waals surface area contributed by atoms with Crippen LogP contribution in [-0.2, 0) is 22.7 Å². The van der Waals surface area contributed by atoms with Gasteiger partial charge in [-0.05, 0) is 72.1 Å². The number of carbonyl (C=O) groups is 2. The number of aliphatic hydroxyl groups is 1. The molecule has 0 aliphatic carbocycles. The largest absolute Gasteiger partial charge is 0.507 e. The second-order valence-corrected chi connectivity index (χ2v) is 9.36. The molecule has 1 saturated heterocycles. The summed E-state index contributed by atoms with van der Waals surface area (Å²) in [5, 5.41) is 11.4. The fourth-order valence-corrected chi connectivity index (χ4v) is 4.72. The van der Waals surface area contributed by atoms with E-state index in [0.717, 1.165) is 16.7 Å². The van der Waals surface area contributed by atoms with Gasteiger partial charge in [0, 0.05) is 24.5 Å². The molecule has 4 aromatic rings. The summed E-state index contributed by atoms with van der Waals surface area (Å²) in [5.41, 5.74) is 4.11. The van der Waals surface area contributed by atoms with Crippen LogP contribution in [0.15, 0.2) is 103 Å². The van der Waals surface area contributed by atoms with E-state index in [-0.39, 0.29) is 17.9 Å². The van der Waals surface area contributed by atoms with E-state index in [4.69, 9.17) is 9.47 Å². The van der Waals surface area contributed by atoms with Crippen LogP contribution in [0.4, 0.5) is 0 Å². The molecule has 7 heteroatoms. The van der Waals surface area contributed by atoms with Crippen LogP contribution < -0.4 is 9.47 Å². The lowest BCUT2D eigenvalue weighted by atomic mass is 9.95. The Labute approximate surface area is 227 Å². The maximum atomic E-state index is 13.3. The van der Waals surface area contributed by atoms with E-state index < -0.39 is 17.7 Å². The quantitative estimate of drug-likeness (QED) is 0.185. The molecule has 1 aromatic heterocycles. The number of hydrogen-bond donors (Lipinski definition) is 1. The second kappa shape index (κ2) is 11.2. The van der Waals surface area contributed by atoms with Gasteiger partial charge < -0.3 is 19.5 Å². The van der Waals surface area contributed by atoms with Crippen molar-refractivity contribution in [2.75, 3.05) is 7.11 Å². The zero-order valence-electron chi connectivity index (χ0n) is 21.7. The third kappa shape index (κ3) is 5.52. The fraction of sp³-hybridized carbons (Fsp3) is 0.156. The van der Waals surface area contributed by atoms with Crippen LogP contribution >= 0.6 is 0 Å². The molecule has 1 fully saturated rings. The number of nitrogens with zero attached hydrogens (tertiary/aromatic N) is 2. The van der Waals surface area contributed by atoms with E-state index in [0.29, 0.717) is 29.2 Å². The third-order valence-corrected chi connectivity index (χ3v) is 6.67. The Kier molecular flexibility index (Phi) is 7.41. The molecule has 1 unspecified atom stereocenters. The van der Waals surface area contributed by atoms with E-state index >= 15 is 0 Å². The van der Waals surface area contributed by atoms with Gasteiger partial charge in [0.25, 0.3) is 11.7 Å². The zero-order chi connectivity index (χ0) is 27.4. The Morgan fingerprint density at radius 1 is 0.897 bits per heavy atom. The van der Waals surface area contributed by atoms with E-state index in [9.17, 15) is 14.7 Å². The highest BCUT2D eigenvalue weighted by atomic mass is 16.5. The number of carbonyl (C=O) groups excluding carboxylic acids is 2. The predicted octanol–water partition coefficient (Wildman–Crippen LogP) is 5.60. The van der Waals surface area contributed by atoms with Crippen LogP contribution in [0, 0.1) is 6.92 Å². The van der Waals surface area contributed by atoms with Crippen molar-refractivity contribution in [2.45, 2.75) is 26.1 Å². The highest BCUT2D eigenvalue weighted by Gasteiger charge is 2.46. The summed E-state index contributed by atoms with van der Waals surface area (Å²) in [6, 6.07) is 24.8. The van der Waals surface area contributed by atoms with Crippen molar-refractivity contribution in [1.29, 1.82) is 0 Å². The van der Waals surface area contributed by atoms with Crippen LogP contribution in [-0.4, -0.2) is 33.8 Å². The number of benzene rings is 3. The molecule has 5 rings (SSSR count). The minimum absolute atomic E-state index is 0.0238. The number of aromatic nitrogens is 1. The maximum Gasteiger partial charge on any atom is 0.295 e. The van der Waals surface area contributed by atoms with E-state index in [2.05, 4.69) is 11.1 Å². The van der Waals surface area contributed by atoms with Crippen molar-refractivity contribution in [1.82, 2.24) is 9.88 Å². The number of methoxy groups -OCH3 is 1. The number of amides is 1. The minimum Gasteiger partial charge on any atom is -0.507 e. The molecule has 0 spiro atoms. The van der Waals surface area contributed by atoms with Crippen LogP contribution in [0.1, 0.15) is 33.9 Å². The summed E-state index contributed by atoms with van der Waals surface area (Å²) in [4.78, 5) is 32.1. The topological polar surface area (TPSA) is 89.0 Å². The minimum atomic E-state index is -0.800. The molecule has 39 heavy (non-hydrogen) atoms. The van der Waals surface area contributed by atoms with Crippen molar-refractivity contribution in [3.05, 3.63) is 131 Å². The number of ketones is 1. The fourth-order valence-electron chi connectivity index (χ4n) is 4.72. The van der Waals surface area contributed by atoms with Crippen LogP contribution in [0.25, 0.3) is 5.76 Å². The molecular formula is C32H28N2O5. The lowest BCUT2D eigenvalue weighted by Gasteiger charge is -2.25. The summed E-state index contributed by atoms with van der Waals surface area (Å²) < 4.78 is 11.3. The number of rotatable bonds is 8. The van der Waals surface area contributed by atoms with Crippen molar-refractivity contribution in [3.8, 4) is 11.5 Å². The molecule has 196 valence electrons. The lowest BCUT2D eigenvalue weighted by molar-refractivity contribution is -0.140. The van der Waals surface area contributed by atoms with E-state index in [1.165, 1.54) is 4.90 Å². The standard InChI is InChI=1S/C32H28N2O5/c1-21-5-3-6-23(17-21)20-39-26-11-9-24(10-12-26)30(35)28-29(25-7-4-8-27(18-25)38-2)34(32(37)31(28)36)19-22-13-15-33-16-14-22/h3-18,29,35H,19-20H2,1-2H3/b30-28+. The van der Waals surface area contributed by atoms with Gasteiger partial charge in [0.2, 0.25) is 0 Å². The average molecular weight is 521 g/mol. The molecule has 1 N–H and O–H groups in total. The number of aliphatic hydroxyl groups excluding tert-OH is 1. The monoisotopic (exact) mass is 520 g/mol. The van der Waals surface area contributed by atoms with Gasteiger partial charge in [-0.2, -0.15) is 0 Å². The Bertz CT molecular complexity index is 1530. The van der Waals surface area contributed by atoms with E-state index in [1.54, 1.807) is 74.1 Å². The zero-order valence-corrected chi connectivity index (χ0v) is 21.7. The molecule has 1 atom stereocenters. The molecule has 3 aromatic carbocycles. The van der Waals surface area contributed by atoms with E-state index in [1.807, 2.05) is 31.2 Å². The number of ether oxygens (including phenoxy) is 2. The number of likely N-dealkylation sites (tertiary alicyclic amines) is 1. The molecule has 0 bridgehead atoms. The van der Waals surface area contributed by atoms with Gasteiger partial charge in [-0.15, -0.1) is 0 Å². The third-order valence-electron chi connectivity index (χ3n) is 6.67. The molecule has 1 aliphatic rings. The van der Waals surface area contributed by atoms with Gasteiger partial charge in [-0.3, -0.25) is 14.6 Å². The Hall–Kier alpha value is -4.91. The highest BCUT2D eigenvalue weighted by molar-refractivity contribution is 6.46. The number of Topliss-reactive ketones (excluding diaryl/α,β-unsaturated/α-hetero) is 1. The molecular weight excluding hydrogens is 492 g/mol. The molecule has 7 nitrogen and oxygen atoms in total.